The molecule has 0 aliphatic carbocycles. The van der Waals surface area contributed by atoms with Crippen LogP contribution in [0, 0.1) is 18.3 Å². The van der Waals surface area contributed by atoms with Gasteiger partial charge in [0.25, 0.3) is 5.91 Å². The van der Waals surface area contributed by atoms with E-state index in [0.717, 1.165) is 12.1 Å². The van der Waals surface area contributed by atoms with Crippen molar-refractivity contribution in [2.24, 2.45) is 0 Å². The second-order valence-corrected chi connectivity index (χ2v) is 8.06. The SMILES string of the molecule is COC(=O)NN(C)C(=O)c1cc(C#N)cc(C)c1NC(=O)Oc1cc(Br)nn1-c1ncccc1Cl. The number of benzene rings is 1. The van der Waals surface area contributed by atoms with E-state index in [1.165, 1.54) is 36.1 Å². The predicted molar refractivity (Wildman–Crippen MR) is 127 cm³/mol. The van der Waals surface area contributed by atoms with Gasteiger partial charge in [-0.2, -0.15) is 15.0 Å². The number of rotatable bonds is 4. The summed E-state index contributed by atoms with van der Waals surface area (Å²) in [6.45, 7) is 1.59. The van der Waals surface area contributed by atoms with Gasteiger partial charge < -0.3 is 9.47 Å². The topological polar surface area (TPSA) is 151 Å². The number of anilines is 1. The van der Waals surface area contributed by atoms with Crippen LogP contribution in [0.4, 0.5) is 15.3 Å². The number of nitriles is 1. The third-order valence-corrected chi connectivity index (χ3v) is 5.14. The molecule has 35 heavy (non-hydrogen) atoms. The van der Waals surface area contributed by atoms with Crippen LogP contribution in [-0.4, -0.2) is 52.0 Å². The maximum absolute atomic E-state index is 13.0. The number of aryl methyl sites for hydroxylation is 1. The van der Waals surface area contributed by atoms with Crippen LogP contribution < -0.4 is 15.5 Å². The Morgan fingerprint density at radius 3 is 2.66 bits per heavy atom. The standard InChI is InChI=1S/C21H17BrClN7O5/c1-11-7-12(10-24)8-13(19(31)29(2)28-21(33)34-3)17(11)26-20(32)35-16-9-15(22)27-30(16)18-14(23)5-4-6-25-18/h4-9H,1-3H3,(H,26,32)(H,28,33). The number of carbonyl (C=O) groups is 3. The van der Waals surface area contributed by atoms with Gasteiger partial charge >= 0.3 is 12.2 Å². The Morgan fingerprint density at radius 1 is 1.26 bits per heavy atom. The average Bonchev–Trinajstić information content (AvgIpc) is 3.19. The molecule has 3 aromatic rings. The van der Waals surface area contributed by atoms with Gasteiger partial charge in [0.05, 0.1) is 35.0 Å². The van der Waals surface area contributed by atoms with E-state index in [0.29, 0.717) is 10.2 Å². The minimum absolute atomic E-state index is 0.0152. The third kappa shape index (κ3) is 5.86. The quantitative estimate of drug-likeness (QED) is 0.455. The number of pyridine rings is 1. The molecule has 0 atom stereocenters. The zero-order valence-electron chi connectivity index (χ0n) is 18.5. The molecule has 3 rings (SSSR count). The number of methoxy groups -OCH3 is 1. The summed E-state index contributed by atoms with van der Waals surface area (Å²) in [7, 11) is 2.42. The van der Waals surface area contributed by atoms with Crippen LogP contribution in [-0.2, 0) is 4.74 Å². The second-order valence-electron chi connectivity index (χ2n) is 6.84. The molecule has 2 N–H and O–H groups in total. The minimum Gasteiger partial charge on any atom is -0.452 e. The monoisotopic (exact) mass is 561 g/mol. The Balaban J connectivity index is 1.92. The highest BCUT2D eigenvalue weighted by atomic mass is 79.9. The van der Waals surface area contributed by atoms with Gasteiger partial charge in [-0.1, -0.05) is 11.6 Å². The van der Waals surface area contributed by atoms with E-state index in [4.69, 9.17) is 16.3 Å². The van der Waals surface area contributed by atoms with Crippen molar-refractivity contribution >= 4 is 51.3 Å². The Morgan fingerprint density at radius 2 is 2.00 bits per heavy atom. The van der Waals surface area contributed by atoms with Gasteiger partial charge in [-0.3, -0.25) is 15.1 Å². The first-order valence-electron chi connectivity index (χ1n) is 9.67. The van der Waals surface area contributed by atoms with Crippen molar-refractivity contribution in [1.29, 1.82) is 5.26 Å². The number of hydrazine groups is 1. The molecule has 0 bridgehead atoms. The number of carbonyl (C=O) groups excluding carboxylic acids is 3. The van der Waals surface area contributed by atoms with Crippen LogP contribution in [0.25, 0.3) is 5.82 Å². The van der Waals surface area contributed by atoms with E-state index in [1.807, 2.05) is 6.07 Å². The van der Waals surface area contributed by atoms with E-state index in [9.17, 15) is 19.6 Å². The van der Waals surface area contributed by atoms with E-state index < -0.39 is 18.1 Å². The lowest BCUT2D eigenvalue weighted by Gasteiger charge is -2.20. The summed E-state index contributed by atoms with van der Waals surface area (Å²) in [5.74, 6) is -0.513. The van der Waals surface area contributed by atoms with Gasteiger partial charge in [0.15, 0.2) is 5.82 Å². The molecule has 0 unspecified atom stereocenters. The first kappa shape index (κ1) is 25.5. The largest absolute Gasteiger partial charge is 0.452 e. The van der Waals surface area contributed by atoms with Gasteiger partial charge in [0.1, 0.15) is 4.60 Å². The molecule has 14 heteroatoms. The second kappa shape index (κ2) is 10.9. The van der Waals surface area contributed by atoms with Crippen LogP contribution in [0.2, 0.25) is 5.02 Å². The fourth-order valence-corrected chi connectivity index (χ4v) is 3.47. The van der Waals surface area contributed by atoms with Crippen LogP contribution in [0.3, 0.4) is 0 Å². The number of hydrogen-bond donors (Lipinski definition) is 2. The smallest absolute Gasteiger partial charge is 0.425 e. The van der Waals surface area contributed by atoms with Crippen molar-refractivity contribution in [2.45, 2.75) is 6.92 Å². The lowest BCUT2D eigenvalue weighted by atomic mass is 10.0. The van der Waals surface area contributed by atoms with E-state index >= 15 is 0 Å². The summed E-state index contributed by atoms with van der Waals surface area (Å²) >= 11 is 9.41. The molecular weight excluding hydrogens is 546 g/mol. The highest BCUT2D eigenvalue weighted by Crippen LogP contribution is 2.28. The van der Waals surface area contributed by atoms with E-state index in [1.54, 1.807) is 19.1 Å². The normalized spacial score (nSPS) is 10.2. The van der Waals surface area contributed by atoms with Crippen molar-refractivity contribution in [3.63, 3.8) is 0 Å². The zero-order valence-corrected chi connectivity index (χ0v) is 20.8. The lowest BCUT2D eigenvalue weighted by molar-refractivity contribution is 0.0691. The number of hydrogen-bond acceptors (Lipinski definition) is 8. The summed E-state index contributed by atoms with van der Waals surface area (Å²) < 4.78 is 11.5. The first-order chi connectivity index (χ1) is 16.6. The number of halogens is 2. The molecule has 0 spiro atoms. The van der Waals surface area contributed by atoms with Crippen LogP contribution in [0.1, 0.15) is 21.5 Å². The van der Waals surface area contributed by atoms with Crippen LogP contribution in [0.15, 0.2) is 41.1 Å². The highest BCUT2D eigenvalue weighted by Gasteiger charge is 2.23. The molecule has 0 radical (unpaired) electrons. The van der Waals surface area contributed by atoms with Gasteiger partial charge in [0.2, 0.25) is 5.88 Å². The maximum Gasteiger partial charge on any atom is 0.425 e. The average molecular weight is 563 g/mol. The third-order valence-electron chi connectivity index (χ3n) is 4.45. The Kier molecular flexibility index (Phi) is 7.90. The number of amides is 3. The molecule has 180 valence electrons. The van der Waals surface area contributed by atoms with E-state index in [2.05, 4.69) is 41.5 Å². The Bertz CT molecular complexity index is 1350. The van der Waals surface area contributed by atoms with Gasteiger partial charge in [-0.25, -0.2) is 20.0 Å². The Hall–Kier alpha value is -4.15. The number of nitrogens with zero attached hydrogens (tertiary/aromatic N) is 5. The predicted octanol–water partition coefficient (Wildman–Crippen LogP) is 3.82. The van der Waals surface area contributed by atoms with E-state index in [-0.39, 0.29) is 33.5 Å². The molecule has 0 aliphatic rings. The molecule has 0 saturated heterocycles. The molecule has 2 heterocycles. The fourth-order valence-electron chi connectivity index (χ4n) is 2.92. The van der Waals surface area contributed by atoms with Crippen LogP contribution >= 0.6 is 27.5 Å². The van der Waals surface area contributed by atoms with Gasteiger partial charge in [0, 0.05) is 19.3 Å². The molecule has 0 fully saturated rings. The summed E-state index contributed by atoms with van der Waals surface area (Å²) in [6.07, 6.45) is -0.344. The summed E-state index contributed by atoms with van der Waals surface area (Å²) in [4.78, 5) is 41.4. The Labute approximate surface area is 212 Å². The summed E-state index contributed by atoms with van der Waals surface area (Å²) in [5.41, 5.74) is 2.77. The molecule has 1 aromatic carbocycles. The van der Waals surface area contributed by atoms with Crippen molar-refractivity contribution in [3.8, 4) is 17.8 Å². The highest BCUT2D eigenvalue weighted by molar-refractivity contribution is 9.10. The molecule has 2 aromatic heterocycles. The summed E-state index contributed by atoms with van der Waals surface area (Å²) in [5, 5.41) is 17.1. The van der Waals surface area contributed by atoms with Gasteiger partial charge in [-0.15, -0.1) is 0 Å². The van der Waals surface area contributed by atoms with Crippen molar-refractivity contribution in [3.05, 3.63) is 62.8 Å². The molecule has 12 nitrogen and oxygen atoms in total. The lowest BCUT2D eigenvalue weighted by Crippen LogP contribution is -2.43. The fraction of sp³-hybridized carbons (Fsp3) is 0.143. The van der Waals surface area contributed by atoms with Crippen molar-refractivity contribution in [1.82, 2.24) is 25.2 Å². The first-order valence-corrected chi connectivity index (χ1v) is 10.8. The number of ether oxygens (including phenoxy) is 2. The summed E-state index contributed by atoms with van der Waals surface area (Å²) in [6, 6.07) is 9.36. The number of nitrogens with one attached hydrogen (secondary N) is 2. The zero-order chi connectivity index (χ0) is 25.7. The maximum atomic E-state index is 13.0. The molecule has 3 amide bonds. The molecule has 0 aliphatic heterocycles. The van der Waals surface area contributed by atoms with Crippen molar-refractivity contribution in [2.75, 3.05) is 19.5 Å². The van der Waals surface area contributed by atoms with Crippen molar-refractivity contribution < 1.29 is 23.9 Å². The van der Waals surface area contributed by atoms with Gasteiger partial charge in [-0.05, 0) is 52.7 Å². The minimum atomic E-state index is -0.962. The molecular formula is C21H17BrClN7O5. The number of aromatic nitrogens is 3. The van der Waals surface area contributed by atoms with Crippen LogP contribution in [0.5, 0.6) is 5.88 Å². The molecule has 0 saturated carbocycles.